The Kier molecular flexibility index (Phi) is 3.79. The molecule has 0 radical (unpaired) electrons. The molecule has 1 fully saturated rings. The van der Waals surface area contributed by atoms with Gasteiger partial charge in [-0.05, 0) is 13.3 Å². The van der Waals surface area contributed by atoms with Crippen LogP contribution in [0.5, 0.6) is 0 Å². The van der Waals surface area contributed by atoms with Gasteiger partial charge in [0.05, 0.1) is 0 Å². The monoisotopic (exact) mass is 248 g/mol. The third-order valence-corrected chi connectivity index (χ3v) is 3.12. The van der Waals surface area contributed by atoms with E-state index in [4.69, 9.17) is 0 Å². The van der Waals surface area contributed by atoms with Crippen molar-refractivity contribution < 1.29 is 4.79 Å². The Balaban J connectivity index is 2.09. The summed E-state index contributed by atoms with van der Waals surface area (Å²) in [4.78, 5) is 22.2. The molecule has 1 aromatic heterocycles. The molecule has 1 atom stereocenters. The molecule has 1 unspecified atom stereocenters. The van der Waals surface area contributed by atoms with E-state index in [9.17, 15) is 4.79 Å². The summed E-state index contributed by atoms with van der Waals surface area (Å²) in [5.74, 6) is 1.90. The number of carbonyl (C=O) groups is 1. The molecular weight excluding hydrogens is 228 g/mol. The van der Waals surface area contributed by atoms with E-state index in [1.165, 1.54) is 0 Å². The minimum absolute atomic E-state index is 0.0370. The van der Waals surface area contributed by atoms with Crippen LogP contribution in [0.3, 0.4) is 0 Å². The van der Waals surface area contributed by atoms with Gasteiger partial charge < -0.3 is 10.2 Å². The van der Waals surface area contributed by atoms with Gasteiger partial charge in [0.1, 0.15) is 11.6 Å². The summed E-state index contributed by atoms with van der Waals surface area (Å²) in [7, 11) is 0. The lowest BCUT2D eigenvalue weighted by atomic mass is 10.2. The van der Waals surface area contributed by atoms with Crippen molar-refractivity contribution in [1.82, 2.24) is 15.3 Å². The lowest BCUT2D eigenvalue weighted by Gasteiger charge is -2.18. The van der Waals surface area contributed by atoms with Gasteiger partial charge in [0.25, 0.3) is 0 Å². The Bertz CT molecular complexity index is 447. The summed E-state index contributed by atoms with van der Waals surface area (Å²) >= 11 is 0. The fourth-order valence-corrected chi connectivity index (χ4v) is 2.31. The Labute approximate surface area is 108 Å². The molecule has 1 amide bonds. The predicted octanol–water partition coefficient (Wildman–Crippen LogP) is 1.06. The highest BCUT2D eigenvalue weighted by Crippen LogP contribution is 2.19. The second kappa shape index (κ2) is 5.33. The van der Waals surface area contributed by atoms with Gasteiger partial charge in [0, 0.05) is 44.2 Å². The number of anilines is 1. The lowest BCUT2D eigenvalue weighted by Crippen LogP contribution is -2.35. The molecule has 5 heteroatoms. The Hall–Kier alpha value is -1.65. The van der Waals surface area contributed by atoms with Gasteiger partial charge in [-0.2, -0.15) is 0 Å². The van der Waals surface area contributed by atoms with E-state index in [0.29, 0.717) is 0 Å². The molecule has 1 saturated heterocycles. The van der Waals surface area contributed by atoms with Crippen LogP contribution in [0, 0.1) is 6.92 Å². The zero-order valence-electron chi connectivity index (χ0n) is 11.2. The highest BCUT2D eigenvalue weighted by Gasteiger charge is 2.24. The Morgan fingerprint density at radius 1 is 1.56 bits per heavy atom. The molecule has 98 valence electrons. The number of nitrogens with zero attached hydrogens (tertiary/aromatic N) is 3. The first-order chi connectivity index (χ1) is 8.58. The van der Waals surface area contributed by atoms with Crippen molar-refractivity contribution in [3.63, 3.8) is 0 Å². The first-order valence-electron chi connectivity index (χ1n) is 6.45. The number of nitrogens with one attached hydrogen (secondary N) is 1. The van der Waals surface area contributed by atoms with Gasteiger partial charge in [-0.25, -0.2) is 9.97 Å². The number of carbonyl (C=O) groups excluding carboxylic acids is 1. The zero-order chi connectivity index (χ0) is 13.1. The van der Waals surface area contributed by atoms with Gasteiger partial charge in [-0.15, -0.1) is 0 Å². The quantitative estimate of drug-likeness (QED) is 0.869. The number of amides is 1. The highest BCUT2D eigenvalue weighted by atomic mass is 16.1. The van der Waals surface area contributed by atoms with Crippen molar-refractivity contribution in [1.29, 1.82) is 0 Å². The van der Waals surface area contributed by atoms with Crippen LogP contribution in [-0.2, 0) is 11.2 Å². The first kappa shape index (κ1) is 12.8. The molecule has 1 N–H and O–H groups in total. The van der Waals surface area contributed by atoms with Crippen LogP contribution in [0.4, 0.5) is 5.82 Å². The maximum absolute atomic E-state index is 11.0. The molecule has 1 aliphatic rings. The van der Waals surface area contributed by atoms with Gasteiger partial charge >= 0.3 is 0 Å². The van der Waals surface area contributed by atoms with Crippen molar-refractivity contribution in [3.8, 4) is 0 Å². The second-order valence-corrected chi connectivity index (χ2v) is 4.77. The normalized spacial score (nSPS) is 19.1. The van der Waals surface area contributed by atoms with E-state index in [-0.39, 0.29) is 11.9 Å². The molecule has 0 bridgehead atoms. The van der Waals surface area contributed by atoms with Crippen molar-refractivity contribution in [2.45, 2.75) is 39.7 Å². The molecule has 0 aromatic carbocycles. The molecule has 0 saturated carbocycles. The molecule has 0 spiro atoms. The summed E-state index contributed by atoms with van der Waals surface area (Å²) < 4.78 is 0. The topological polar surface area (TPSA) is 58.1 Å². The summed E-state index contributed by atoms with van der Waals surface area (Å²) in [6.07, 6.45) is 1.82. The van der Waals surface area contributed by atoms with Crippen molar-refractivity contribution in [3.05, 3.63) is 17.6 Å². The Morgan fingerprint density at radius 2 is 2.33 bits per heavy atom. The lowest BCUT2D eigenvalue weighted by molar-refractivity contribution is -0.119. The number of hydrogen-bond acceptors (Lipinski definition) is 4. The maximum atomic E-state index is 11.0. The number of hydrogen-bond donors (Lipinski definition) is 1. The summed E-state index contributed by atoms with van der Waals surface area (Å²) in [5, 5.41) is 2.96. The summed E-state index contributed by atoms with van der Waals surface area (Å²) in [6, 6.07) is 2.25. The third-order valence-electron chi connectivity index (χ3n) is 3.12. The molecule has 2 rings (SSSR count). The van der Waals surface area contributed by atoms with E-state index >= 15 is 0 Å². The van der Waals surface area contributed by atoms with E-state index in [1.54, 1.807) is 6.92 Å². The molecule has 1 aliphatic heterocycles. The average molecular weight is 248 g/mol. The number of rotatable bonds is 3. The summed E-state index contributed by atoms with van der Waals surface area (Å²) in [6.45, 7) is 7.38. The molecule has 1 aromatic rings. The standard InChI is InChI=1S/C13H20N4O/c1-4-12-14-9(2)7-13(16-12)17-6-5-11(8-17)15-10(3)18/h7,11H,4-6,8H2,1-3H3,(H,15,18). The van der Waals surface area contributed by atoms with E-state index in [2.05, 4.69) is 27.1 Å². The molecule has 2 heterocycles. The third kappa shape index (κ3) is 2.97. The van der Waals surface area contributed by atoms with E-state index < -0.39 is 0 Å². The van der Waals surface area contributed by atoms with Crippen LogP contribution in [0.25, 0.3) is 0 Å². The van der Waals surface area contributed by atoms with Crippen LogP contribution in [-0.4, -0.2) is 35.0 Å². The van der Waals surface area contributed by atoms with Crippen LogP contribution < -0.4 is 10.2 Å². The van der Waals surface area contributed by atoms with Crippen molar-refractivity contribution >= 4 is 11.7 Å². The van der Waals surface area contributed by atoms with Crippen LogP contribution in [0.15, 0.2) is 6.07 Å². The van der Waals surface area contributed by atoms with Crippen molar-refractivity contribution in [2.24, 2.45) is 0 Å². The van der Waals surface area contributed by atoms with Crippen LogP contribution in [0.1, 0.15) is 31.8 Å². The first-order valence-corrected chi connectivity index (χ1v) is 6.45. The average Bonchev–Trinajstić information content (AvgIpc) is 2.75. The number of aryl methyl sites for hydroxylation is 2. The summed E-state index contributed by atoms with van der Waals surface area (Å²) in [5.41, 5.74) is 1.000. The minimum Gasteiger partial charge on any atom is -0.354 e. The van der Waals surface area contributed by atoms with Gasteiger partial charge in [0.2, 0.25) is 5.91 Å². The van der Waals surface area contributed by atoms with Gasteiger partial charge in [0.15, 0.2) is 0 Å². The van der Waals surface area contributed by atoms with Crippen LogP contribution >= 0.6 is 0 Å². The smallest absolute Gasteiger partial charge is 0.217 e. The SMILES string of the molecule is CCc1nc(C)cc(N2CCC(NC(C)=O)C2)n1. The molecule has 5 nitrogen and oxygen atoms in total. The van der Waals surface area contributed by atoms with Gasteiger partial charge in [-0.1, -0.05) is 6.92 Å². The highest BCUT2D eigenvalue weighted by molar-refractivity contribution is 5.73. The van der Waals surface area contributed by atoms with E-state index in [1.807, 2.05) is 13.0 Å². The zero-order valence-corrected chi connectivity index (χ0v) is 11.2. The molecular formula is C13H20N4O. The molecule has 18 heavy (non-hydrogen) atoms. The maximum Gasteiger partial charge on any atom is 0.217 e. The predicted molar refractivity (Wildman–Crippen MR) is 70.6 cm³/mol. The number of aromatic nitrogens is 2. The molecule has 0 aliphatic carbocycles. The van der Waals surface area contributed by atoms with Gasteiger partial charge in [-0.3, -0.25) is 4.79 Å². The van der Waals surface area contributed by atoms with E-state index in [0.717, 1.165) is 43.3 Å². The Morgan fingerprint density at radius 3 is 3.00 bits per heavy atom. The largest absolute Gasteiger partial charge is 0.354 e. The van der Waals surface area contributed by atoms with Crippen LogP contribution in [0.2, 0.25) is 0 Å². The van der Waals surface area contributed by atoms with Crippen molar-refractivity contribution in [2.75, 3.05) is 18.0 Å². The minimum atomic E-state index is 0.0370. The fraction of sp³-hybridized carbons (Fsp3) is 0.615. The second-order valence-electron chi connectivity index (χ2n) is 4.77. The fourth-order valence-electron chi connectivity index (χ4n) is 2.31.